The van der Waals surface area contributed by atoms with Gasteiger partial charge in [0.15, 0.2) is 5.82 Å². The molecule has 0 atom stereocenters. The number of hydrogen-bond donors (Lipinski definition) is 0. The quantitative estimate of drug-likeness (QED) is 0.677. The van der Waals surface area contributed by atoms with Crippen LogP contribution >= 0.6 is 11.6 Å². The zero-order valence-electron chi connectivity index (χ0n) is 12.0. The van der Waals surface area contributed by atoms with E-state index in [1.165, 1.54) is 0 Å². The molecular formula is C14H16ClN5O. The maximum absolute atomic E-state index is 5.90. The largest absolute Gasteiger partial charge is 0.494 e. The van der Waals surface area contributed by atoms with Crippen LogP contribution in [-0.2, 0) is 20.0 Å². The molecule has 0 bridgehead atoms. The van der Waals surface area contributed by atoms with Crippen LogP contribution in [0.1, 0.15) is 11.6 Å². The predicted molar refractivity (Wildman–Crippen MR) is 80.8 cm³/mol. The second-order valence-electron chi connectivity index (χ2n) is 4.74. The van der Waals surface area contributed by atoms with Gasteiger partial charge in [0.1, 0.15) is 23.4 Å². The molecule has 0 aliphatic carbocycles. The highest BCUT2D eigenvalue weighted by molar-refractivity contribution is 6.17. The molecule has 2 aromatic heterocycles. The van der Waals surface area contributed by atoms with Gasteiger partial charge in [0.05, 0.1) is 19.2 Å². The number of ether oxygens (including phenoxy) is 1. The van der Waals surface area contributed by atoms with E-state index in [2.05, 4.69) is 19.7 Å². The van der Waals surface area contributed by atoms with Gasteiger partial charge in [-0.15, -0.1) is 21.8 Å². The molecule has 6 nitrogen and oxygen atoms in total. The van der Waals surface area contributed by atoms with Gasteiger partial charge >= 0.3 is 0 Å². The van der Waals surface area contributed by atoms with Gasteiger partial charge in [0.2, 0.25) is 0 Å². The minimum Gasteiger partial charge on any atom is -0.494 e. The second kappa shape index (κ2) is 5.73. The van der Waals surface area contributed by atoms with Gasteiger partial charge < -0.3 is 13.9 Å². The fraction of sp³-hybridized carbons (Fsp3) is 0.357. The Balaban J connectivity index is 2.14. The molecule has 0 saturated carbocycles. The highest BCUT2D eigenvalue weighted by Gasteiger charge is 2.15. The normalized spacial score (nSPS) is 11.2. The van der Waals surface area contributed by atoms with Crippen molar-refractivity contribution >= 4 is 22.6 Å². The molecule has 0 unspecified atom stereocenters. The monoisotopic (exact) mass is 305 g/mol. The van der Waals surface area contributed by atoms with Gasteiger partial charge in [-0.05, 0) is 12.1 Å². The zero-order valence-corrected chi connectivity index (χ0v) is 12.7. The number of imidazole rings is 1. The third-order valence-corrected chi connectivity index (χ3v) is 3.65. The van der Waals surface area contributed by atoms with Crippen molar-refractivity contribution in [2.75, 3.05) is 13.0 Å². The van der Waals surface area contributed by atoms with Gasteiger partial charge in [-0.3, -0.25) is 0 Å². The molecule has 110 valence electrons. The molecule has 0 saturated heterocycles. The van der Waals surface area contributed by atoms with Crippen LogP contribution in [0, 0.1) is 0 Å². The number of methoxy groups -OCH3 is 1. The van der Waals surface area contributed by atoms with Crippen LogP contribution in [0.15, 0.2) is 24.5 Å². The standard InChI is InChI=1S/C14H16ClN5O/c1-19-9-16-18-13(19)8-20-10-4-3-5-11(21-2)14(10)17-12(20)6-7-15/h3-5,9H,6-8H2,1-2H3. The number of rotatable bonds is 5. The fourth-order valence-corrected chi connectivity index (χ4v) is 2.55. The smallest absolute Gasteiger partial charge is 0.152 e. The molecule has 3 aromatic rings. The molecule has 2 heterocycles. The Labute approximate surface area is 127 Å². The summed E-state index contributed by atoms with van der Waals surface area (Å²) in [6.45, 7) is 0.604. The Morgan fingerprint density at radius 2 is 2.14 bits per heavy atom. The molecule has 3 rings (SSSR count). The van der Waals surface area contributed by atoms with Gasteiger partial charge in [0, 0.05) is 19.3 Å². The number of para-hydroxylation sites is 1. The van der Waals surface area contributed by atoms with Crippen molar-refractivity contribution in [2.24, 2.45) is 7.05 Å². The SMILES string of the molecule is COc1cccc2c1nc(CCCl)n2Cc1nncn1C. The van der Waals surface area contributed by atoms with Gasteiger partial charge in [-0.1, -0.05) is 6.07 Å². The summed E-state index contributed by atoms with van der Waals surface area (Å²) < 4.78 is 9.41. The van der Waals surface area contributed by atoms with Crippen molar-refractivity contribution < 1.29 is 4.74 Å². The molecule has 0 aliphatic heterocycles. The van der Waals surface area contributed by atoms with Gasteiger partial charge in [-0.25, -0.2) is 4.98 Å². The minimum absolute atomic E-state index is 0.518. The molecular weight excluding hydrogens is 290 g/mol. The molecule has 1 aromatic carbocycles. The summed E-state index contributed by atoms with van der Waals surface area (Å²) in [5.41, 5.74) is 1.86. The third kappa shape index (κ3) is 2.47. The molecule has 0 amide bonds. The van der Waals surface area contributed by atoms with E-state index < -0.39 is 0 Å². The summed E-state index contributed by atoms with van der Waals surface area (Å²) >= 11 is 5.90. The number of nitrogens with zero attached hydrogens (tertiary/aromatic N) is 5. The number of benzene rings is 1. The van der Waals surface area contributed by atoms with Crippen LogP contribution in [0.5, 0.6) is 5.75 Å². The summed E-state index contributed by atoms with van der Waals surface area (Å²) in [5, 5.41) is 8.06. The molecule has 21 heavy (non-hydrogen) atoms. The second-order valence-corrected chi connectivity index (χ2v) is 5.12. The molecule has 0 aliphatic rings. The number of alkyl halides is 1. The number of aromatic nitrogens is 5. The van der Waals surface area contributed by atoms with E-state index in [1.807, 2.05) is 29.8 Å². The van der Waals surface area contributed by atoms with Crippen molar-refractivity contribution in [1.82, 2.24) is 24.3 Å². The highest BCUT2D eigenvalue weighted by atomic mass is 35.5. The summed E-state index contributed by atoms with van der Waals surface area (Å²) in [6, 6.07) is 5.89. The van der Waals surface area contributed by atoms with Crippen molar-refractivity contribution in [3.63, 3.8) is 0 Å². The van der Waals surface area contributed by atoms with E-state index in [9.17, 15) is 0 Å². The molecule has 0 radical (unpaired) electrons. The minimum atomic E-state index is 0.518. The first-order valence-corrected chi connectivity index (χ1v) is 7.19. The molecule has 0 spiro atoms. The van der Waals surface area contributed by atoms with Gasteiger partial charge in [-0.2, -0.15) is 0 Å². The van der Waals surface area contributed by atoms with Crippen molar-refractivity contribution in [1.29, 1.82) is 0 Å². The average molecular weight is 306 g/mol. The first kappa shape index (κ1) is 13.9. The molecule has 7 heteroatoms. The lowest BCUT2D eigenvalue weighted by molar-refractivity contribution is 0.419. The lowest BCUT2D eigenvalue weighted by Gasteiger charge is -2.08. The fourth-order valence-electron chi connectivity index (χ4n) is 2.38. The van der Waals surface area contributed by atoms with E-state index in [1.54, 1.807) is 13.4 Å². The van der Waals surface area contributed by atoms with Crippen molar-refractivity contribution in [3.8, 4) is 5.75 Å². The van der Waals surface area contributed by atoms with Crippen LogP contribution in [0.3, 0.4) is 0 Å². The maximum Gasteiger partial charge on any atom is 0.152 e. The van der Waals surface area contributed by atoms with E-state index in [-0.39, 0.29) is 0 Å². The van der Waals surface area contributed by atoms with Crippen LogP contribution in [0.25, 0.3) is 11.0 Å². The molecule has 0 fully saturated rings. The van der Waals surface area contributed by atoms with Crippen LogP contribution in [0.2, 0.25) is 0 Å². The van der Waals surface area contributed by atoms with Crippen LogP contribution in [0.4, 0.5) is 0 Å². The molecule has 0 N–H and O–H groups in total. The Kier molecular flexibility index (Phi) is 3.79. The maximum atomic E-state index is 5.90. The first-order chi connectivity index (χ1) is 10.2. The summed E-state index contributed by atoms with van der Waals surface area (Å²) in [6.07, 6.45) is 2.38. The van der Waals surface area contributed by atoms with Crippen molar-refractivity contribution in [3.05, 3.63) is 36.2 Å². The Hall–Kier alpha value is -2.08. The Morgan fingerprint density at radius 3 is 2.81 bits per heavy atom. The number of aryl methyl sites for hydroxylation is 2. The lowest BCUT2D eigenvalue weighted by atomic mass is 10.3. The van der Waals surface area contributed by atoms with E-state index >= 15 is 0 Å². The summed E-state index contributed by atoms with van der Waals surface area (Å²) in [4.78, 5) is 4.68. The van der Waals surface area contributed by atoms with Crippen LogP contribution < -0.4 is 4.74 Å². The Bertz CT molecular complexity index is 764. The first-order valence-electron chi connectivity index (χ1n) is 6.65. The average Bonchev–Trinajstić information content (AvgIpc) is 3.05. The van der Waals surface area contributed by atoms with Gasteiger partial charge in [0.25, 0.3) is 0 Å². The third-order valence-electron chi connectivity index (χ3n) is 3.46. The number of fused-ring (bicyclic) bond motifs is 1. The lowest BCUT2D eigenvalue weighted by Crippen LogP contribution is -2.09. The predicted octanol–water partition coefficient (Wildman–Crippen LogP) is 2.00. The number of halogens is 1. The summed E-state index contributed by atoms with van der Waals surface area (Å²) in [5.74, 6) is 3.07. The van der Waals surface area contributed by atoms with Crippen LogP contribution in [-0.4, -0.2) is 37.3 Å². The zero-order chi connectivity index (χ0) is 14.8. The highest BCUT2D eigenvalue weighted by Crippen LogP contribution is 2.26. The van der Waals surface area contributed by atoms with E-state index in [0.717, 1.165) is 28.4 Å². The topological polar surface area (TPSA) is 57.8 Å². The van der Waals surface area contributed by atoms with Crippen molar-refractivity contribution in [2.45, 2.75) is 13.0 Å². The summed E-state index contributed by atoms with van der Waals surface area (Å²) in [7, 11) is 3.58. The Morgan fingerprint density at radius 1 is 1.29 bits per heavy atom. The van der Waals surface area contributed by atoms with E-state index in [0.29, 0.717) is 18.8 Å². The van der Waals surface area contributed by atoms with E-state index in [4.69, 9.17) is 16.3 Å². The number of hydrogen-bond acceptors (Lipinski definition) is 4.